The molecule has 0 radical (unpaired) electrons. The number of aryl methyl sites for hydroxylation is 1. The van der Waals surface area contributed by atoms with Gasteiger partial charge in [-0.05, 0) is 49.6 Å². The van der Waals surface area contributed by atoms with E-state index in [2.05, 4.69) is 56.1 Å². The zero-order chi connectivity index (χ0) is 16.4. The van der Waals surface area contributed by atoms with Gasteiger partial charge in [0.1, 0.15) is 12.7 Å². The molecule has 3 aromatic rings. The molecule has 1 atom stereocenters. The molecule has 3 heterocycles. The first-order valence-electron chi connectivity index (χ1n) is 8.45. The summed E-state index contributed by atoms with van der Waals surface area (Å²) in [5, 5.41) is 8.63. The molecular formula is C18H22N6. The van der Waals surface area contributed by atoms with Crippen LogP contribution in [0.1, 0.15) is 30.0 Å². The summed E-state index contributed by atoms with van der Waals surface area (Å²) >= 11 is 0. The molecular weight excluding hydrogens is 300 g/mol. The predicted molar refractivity (Wildman–Crippen MR) is 91.9 cm³/mol. The van der Waals surface area contributed by atoms with Crippen molar-refractivity contribution in [3.8, 4) is 5.69 Å². The van der Waals surface area contributed by atoms with Crippen molar-refractivity contribution in [1.29, 1.82) is 0 Å². The van der Waals surface area contributed by atoms with Crippen LogP contribution in [0.5, 0.6) is 0 Å². The van der Waals surface area contributed by atoms with Gasteiger partial charge in [-0.15, -0.1) is 0 Å². The number of rotatable bonds is 4. The molecule has 2 aromatic heterocycles. The van der Waals surface area contributed by atoms with Crippen molar-refractivity contribution in [3.05, 3.63) is 60.4 Å². The van der Waals surface area contributed by atoms with Gasteiger partial charge in [0, 0.05) is 25.5 Å². The summed E-state index contributed by atoms with van der Waals surface area (Å²) < 4.78 is 3.92. The molecule has 124 valence electrons. The Morgan fingerprint density at radius 1 is 1.25 bits per heavy atom. The largest absolute Gasteiger partial charge is 0.297 e. The second-order valence-electron chi connectivity index (χ2n) is 6.48. The van der Waals surface area contributed by atoms with Crippen molar-refractivity contribution >= 4 is 0 Å². The Kier molecular flexibility index (Phi) is 4.13. The van der Waals surface area contributed by atoms with E-state index in [-0.39, 0.29) is 0 Å². The molecule has 1 aromatic carbocycles. The Morgan fingerprint density at radius 2 is 2.21 bits per heavy atom. The lowest BCUT2D eigenvalue weighted by Gasteiger charge is -2.33. The Balaban J connectivity index is 1.46. The summed E-state index contributed by atoms with van der Waals surface area (Å²) in [5.41, 5.74) is 3.65. The minimum Gasteiger partial charge on any atom is -0.297 e. The number of hydrogen-bond acceptors (Lipinski definition) is 4. The summed E-state index contributed by atoms with van der Waals surface area (Å²) in [7, 11) is 0. The highest BCUT2D eigenvalue weighted by molar-refractivity contribution is 5.41. The lowest BCUT2D eigenvalue weighted by molar-refractivity contribution is 0.163. The van der Waals surface area contributed by atoms with Gasteiger partial charge in [0.25, 0.3) is 0 Å². The van der Waals surface area contributed by atoms with Gasteiger partial charge in [-0.1, -0.05) is 12.1 Å². The van der Waals surface area contributed by atoms with Crippen molar-refractivity contribution in [2.75, 3.05) is 13.1 Å². The Hall–Kier alpha value is -2.47. The molecule has 4 rings (SSSR count). The van der Waals surface area contributed by atoms with Crippen molar-refractivity contribution in [1.82, 2.24) is 29.4 Å². The molecule has 6 heteroatoms. The van der Waals surface area contributed by atoms with Gasteiger partial charge >= 0.3 is 0 Å². The standard InChI is InChI=1S/C18H22N6/c1-15-10-16(5-6-18(15)24-14-19-13-21-24)11-22-8-2-4-17(12-22)23-9-3-7-20-23/h3,5-7,9-10,13-14,17H,2,4,8,11-12H2,1H3. The Bertz CT molecular complexity index is 778. The SMILES string of the molecule is Cc1cc(CN2CCCC(n3cccn3)C2)ccc1-n1cncn1. The molecule has 0 N–H and O–H groups in total. The summed E-state index contributed by atoms with van der Waals surface area (Å²) in [5.74, 6) is 0. The molecule has 0 amide bonds. The number of aromatic nitrogens is 5. The van der Waals surface area contributed by atoms with E-state index in [4.69, 9.17) is 0 Å². The Labute approximate surface area is 141 Å². The minimum atomic E-state index is 0.490. The van der Waals surface area contributed by atoms with Crippen LogP contribution < -0.4 is 0 Å². The van der Waals surface area contributed by atoms with Crippen molar-refractivity contribution in [2.45, 2.75) is 32.4 Å². The summed E-state index contributed by atoms with van der Waals surface area (Å²) in [4.78, 5) is 6.55. The zero-order valence-corrected chi connectivity index (χ0v) is 13.9. The second-order valence-corrected chi connectivity index (χ2v) is 6.48. The molecule has 1 fully saturated rings. The van der Waals surface area contributed by atoms with Gasteiger partial charge in [-0.25, -0.2) is 9.67 Å². The molecule has 24 heavy (non-hydrogen) atoms. The van der Waals surface area contributed by atoms with Gasteiger partial charge in [0.15, 0.2) is 0 Å². The number of benzene rings is 1. The maximum absolute atomic E-state index is 4.41. The first kappa shape index (κ1) is 15.1. The Morgan fingerprint density at radius 3 is 2.96 bits per heavy atom. The molecule has 1 aliphatic heterocycles. The van der Waals surface area contributed by atoms with Crippen molar-refractivity contribution in [3.63, 3.8) is 0 Å². The van der Waals surface area contributed by atoms with Crippen LogP contribution in [-0.2, 0) is 6.54 Å². The van der Waals surface area contributed by atoms with E-state index in [0.717, 1.165) is 25.3 Å². The van der Waals surface area contributed by atoms with Gasteiger partial charge < -0.3 is 0 Å². The topological polar surface area (TPSA) is 51.8 Å². The second kappa shape index (κ2) is 6.57. The summed E-state index contributed by atoms with van der Waals surface area (Å²) in [6.45, 7) is 5.33. The monoisotopic (exact) mass is 322 g/mol. The van der Waals surface area contributed by atoms with Crippen LogP contribution in [0.4, 0.5) is 0 Å². The third-order valence-electron chi connectivity index (χ3n) is 4.71. The highest BCUT2D eigenvalue weighted by Crippen LogP contribution is 2.23. The summed E-state index contributed by atoms with van der Waals surface area (Å²) in [6, 6.07) is 9.08. The number of nitrogens with zero attached hydrogens (tertiary/aromatic N) is 6. The van der Waals surface area contributed by atoms with E-state index in [1.807, 2.05) is 16.9 Å². The average Bonchev–Trinajstić information content (AvgIpc) is 3.29. The average molecular weight is 322 g/mol. The van der Waals surface area contributed by atoms with E-state index in [1.54, 1.807) is 12.7 Å². The molecule has 6 nitrogen and oxygen atoms in total. The van der Waals surface area contributed by atoms with Crippen LogP contribution in [0.2, 0.25) is 0 Å². The summed E-state index contributed by atoms with van der Waals surface area (Å²) in [6.07, 6.45) is 9.68. The number of piperidine rings is 1. The third-order valence-corrected chi connectivity index (χ3v) is 4.71. The first-order chi connectivity index (χ1) is 11.8. The number of hydrogen-bond donors (Lipinski definition) is 0. The molecule has 0 bridgehead atoms. The molecule has 1 saturated heterocycles. The maximum atomic E-state index is 4.41. The normalized spacial score (nSPS) is 18.8. The lowest BCUT2D eigenvalue weighted by atomic mass is 10.0. The van der Waals surface area contributed by atoms with Crippen molar-refractivity contribution < 1.29 is 0 Å². The van der Waals surface area contributed by atoms with Crippen LogP contribution in [0, 0.1) is 6.92 Å². The van der Waals surface area contributed by atoms with E-state index in [1.165, 1.54) is 24.0 Å². The smallest absolute Gasteiger partial charge is 0.138 e. The molecule has 1 aliphatic rings. The fourth-order valence-electron chi connectivity index (χ4n) is 3.55. The van der Waals surface area contributed by atoms with E-state index in [9.17, 15) is 0 Å². The van der Waals surface area contributed by atoms with Crippen LogP contribution in [0.3, 0.4) is 0 Å². The molecule has 0 spiro atoms. The molecule has 1 unspecified atom stereocenters. The van der Waals surface area contributed by atoms with Gasteiger partial charge in [0.2, 0.25) is 0 Å². The van der Waals surface area contributed by atoms with E-state index >= 15 is 0 Å². The quantitative estimate of drug-likeness (QED) is 0.741. The minimum absolute atomic E-state index is 0.490. The van der Waals surface area contributed by atoms with Gasteiger partial charge in [-0.3, -0.25) is 9.58 Å². The number of likely N-dealkylation sites (tertiary alicyclic amines) is 1. The highest BCUT2D eigenvalue weighted by atomic mass is 15.3. The van der Waals surface area contributed by atoms with E-state index in [0.29, 0.717) is 6.04 Å². The van der Waals surface area contributed by atoms with Crippen molar-refractivity contribution in [2.24, 2.45) is 0 Å². The lowest BCUT2D eigenvalue weighted by Crippen LogP contribution is -2.36. The zero-order valence-electron chi connectivity index (χ0n) is 13.9. The highest BCUT2D eigenvalue weighted by Gasteiger charge is 2.21. The van der Waals surface area contributed by atoms with Crippen LogP contribution in [-0.4, -0.2) is 42.5 Å². The van der Waals surface area contributed by atoms with Gasteiger partial charge in [0.05, 0.1) is 11.7 Å². The van der Waals surface area contributed by atoms with Crippen LogP contribution in [0.25, 0.3) is 5.69 Å². The first-order valence-corrected chi connectivity index (χ1v) is 8.45. The fraction of sp³-hybridized carbons (Fsp3) is 0.389. The van der Waals surface area contributed by atoms with Crippen LogP contribution in [0.15, 0.2) is 49.3 Å². The molecule has 0 saturated carbocycles. The van der Waals surface area contributed by atoms with Crippen LogP contribution >= 0.6 is 0 Å². The van der Waals surface area contributed by atoms with Gasteiger partial charge in [-0.2, -0.15) is 10.2 Å². The maximum Gasteiger partial charge on any atom is 0.138 e. The third kappa shape index (κ3) is 3.10. The van der Waals surface area contributed by atoms with E-state index < -0.39 is 0 Å². The predicted octanol–water partition coefficient (Wildman–Crippen LogP) is 2.61. The fourth-order valence-corrected chi connectivity index (χ4v) is 3.55. The molecule has 0 aliphatic carbocycles.